The van der Waals surface area contributed by atoms with E-state index in [-0.39, 0.29) is 18.2 Å². The van der Waals surface area contributed by atoms with E-state index in [2.05, 4.69) is 4.72 Å². The molecule has 26 heavy (non-hydrogen) atoms. The zero-order valence-electron chi connectivity index (χ0n) is 14.8. The summed E-state index contributed by atoms with van der Waals surface area (Å²) in [6.45, 7) is 3.23. The van der Waals surface area contributed by atoms with Crippen LogP contribution in [0.2, 0.25) is 0 Å². The minimum atomic E-state index is -3.78. The monoisotopic (exact) mass is 379 g/mol. The van der Waals surface area contributed by atoms with Crippen molar-refractivity contribution in [3.63, 3.8) is 0 Å². The van der Waals surface area contributed by atoms with Crippen LogP contribution in [0.4, 0.5) is 0 Å². The summed E-state index contributed by atoms with van der Waals surface area (Å²) in [6.07, 6.45) is 0. The van der Waals surface area contributed by atoms with Crippen LogP contribution >= 0.6 is 0 Å². The van der Waals surface area contributed by atoms with Crippen molar-refractivity contribution >= 4 is 10.0 Å². The Morgan fingerprint density at radius 3 is 2.62 bits per heavy atom. The first kappa shape index (κ1) is 18.5. The fourth-order valence-electron chi connectivity index (χ4n) is 2.67. The summed E-state index contributed by atoms with van der Waals surface area (Å²) in [7, 11) is -2.26. The van der Waals surface area contributed by atoms with Crippen molar-refractivity contribution in [1.29, 1.82) is 0 Å². The van der Waals surface area contributed by atoms with Gasteiger partial charge in [-0.2, -0.15) is 0 Å². The second-order valence-corrected chi connectivity index (χ2v) is 8.06. The Hall–Kier alpha value is -2.29. The van der Waals surface area contributed by atoms with Gasteiger partial charge in [-0.25, -0.2) is 13.1 Å². The molecule has 0 bridgehead atoms. The quantitative estimate of drug-likeness (QED) is 0.796. The summed E-state index contributed by atoms with van der Waals surface area (Å²) in [4.78, 5) is 0.109. The minimum Gasteiger partial charge on any atom is -0.496 e. The normalized spacial score (nSPS) is 15.5. The van der Waals surface area contributed by atoms with Gasteiger partial charge in [0.1, 0.15) is 11.4 Å². The predicted octanol–water partition coefficient (Wildman–Crippen LogP) is 1.92. The molecule has 1 aliphatic rings. The Morgan fingerprint density at radius 2 is 1.92 bits per heavy atom. The molecule has 1 atom stereocenters. The van der Waals surface area contributed by atoms with Gasteiger partial charge in [-0.05, 0) is 55.3 Å². The molecule has 1 aliphatic heterocycles. The highest BCUT2D eigenvalue weighted by Crippen LogP contribution is 2.35. The van der Waals surface area contributed by atoms with Gasteiger partial charge >= 0.3 is 0 Å². The lowest BCUT2D eigenvalue weighted by atomic mass is 9.96. The number of methoxy groups -OCH3 is 1. The number of fused-ring (bicyclic) bond motifs is 1. The minimum absolute atomic E-state index is 0.109. The first-order chi connectivity index (χ1) is 12.2. The molecule has 3 rings (SSSR count). The molecule has 7 nitrogen and oxygen atoms in total. The number of benzene rings is 2. The van der Waals surface area contributed by atoms with Gasteiger partial charge in [0.15, 0.2) is 11.5 Å². The summed E-state index contributed by atoms with van der Waals surface area (Å²) < 4.78 is 43.2. The van der Waals surface area contributed by atoms with Crippen LogP contribution in [0.5, 0.6) is 17.2 Å². The maximum Gasteiger partial charge on any atom is 0.240 e. The molecule has 1 heterocycles. The van der Waals surface area contributed by atoms with E-state index >= 15 is 0 Å². The van der Waals surface area contributed by atoms with Crippen LogP contribution in [0.15, 0.2) is 41.3 Å². The number of ether oxygens (including phenoxy) is 3. The molecule has 0 amide bonds. The molecule has 0 radical (unpaired) electrons. The van der Waals surface area contributed by atoms with Gasteiger partial charge in [-0.3, -0.25) is 0 Å². The lowest BCUT2D eigenvalue weighted by molar-refractivity contribution is 0.0625. The first-order valence-corrected chi connectivity index (χ1v) is 9.48. The SMILES string of the molecule is COc1ccc(S(=O)(=O)NCC(C)(O)c2ccc3c(c2)OCO3)cc1C. The van der Waals surface area contributed by atoms with Crippen LogP contribution < -0.4 is 18.9 Å². The molecule has 1 unspecified atom stereocenters. The summed E-state index contributed by atoms with van der Waals surface area (Å²) in [5.41, 5.74) is -0.191. The average Bonchev–Trinajstić information content (AvgIpc) is 3.08. The molecule has 8 heteroatoms. The Balaban J connectivity index is 1.77. The van der Waals surface area contributed by atoms with Crippen molar-refractivity contribution in [2.75, 3.05) is 20.4 Å². The van der Waals surface area contributed by atoms with E-state index in [9.17, 15) is 13.5 Å². The van der Waals surface area contributed by atoms with Crippen LogP contribution in [-0.2, 0) is 15.6 Å². The van der Waals surface area contributed by atoms with Crippen molar-refractivity contribution in [2.24, 2.45) is 0 Å². The number of aryl methyl sites for hydroxylation is 1. The third-order valence-electron chi connectivity index (χ3n) is 4.28. The van der Waals surface area contributed by atoms with E-state index in [0.717, 1.165) is 0 Å². The maximum atomic E-state index is 12.5. The Labute approximate surface area is 152 Å². The molecule has 0 saturated heterocycles. The zero-order chi connectivity index (χ0) is 18.9. The number of hydrogen-bond acceptors (Lipinski definition) is 6. The number of hydrogen-bond donors (Lipinski definition) is 2. The zero-order valence-corrected chi connectivity index (χ0v) is 15.6. The number of rotatable bonds is 6. The molecular formula is C18H21NO6S. The first-order valence-electron chi connectivity index (χ1n) is 8.00. The lowest BCUT2D eigenvalue weighted by Crippen LogP contribution is -2.38. The van der Waals surface area contributed by atoms with Gasteiger partial charge in [0.2, 0.25) is 16.8 Å². The van der Waals surface area contributed by atoms with Crippen molar-refractivity contribution < 1.29 is 27.7 Å². The standard InChI is InChI=1S/C18H21NO6S/c1-12-8-14(5-7-15(12)23-3)26(21,22)19-10-18(2,20)13-4-6-16-17(9-13)25-11-24-16/h4-9,19-20H,10-11H2,1-3H3. The van der Waals surface area contributed by atoms with E-state index in [1.165, 1.54) is 26.2 Å². The number of sulfonamides is 1. The Kier molecular flexibility index (Phi) is 4.83. The summed E-state index contributed by atoms with van der Waals surface area (Å²) >= 11 is 0. The summed E-state index contributed by atoms with van der Waals surface area (Å²) in [5.74, 6) is 1.73. The molecule has 2 N–H and O–H groups in total. The van der Waals surface area contributed by atoms with Crippen molar-refractivity contribution in [3.8, 4) is 17.2 Å². The Morgan fingerprint density at radius 1 is 1.19 bits per heavy atom. The third kappa shape index (κ3) is 3.62. The second-order valence-electron chi connectivity index (χ2n) is 6.30. The average molecular weight is 379 g/mol. The lowest BCUT2D eigenvalue weighted by Gasteiger charge is -2.24. The molecule has 0 fully saturated rings. The van der Waals surface area contributed by atoms with E-state index < -0.39 is 15.6 Å². The van der Waals surface area contributed by atoms with Crippen LogP contribution in [0.25, 0.3) is 0 Å². The molecule has 2 aromatic rings. The molecule has 2 aromatic carbocycles. The molecule has 0 saturated carbocycles. The van der Waals surface area contributed by atoms with Gasteiger partial charge in [0, 0.05) is 6.54 Å². The second kappa shape index (κ2) is 6.79. The van der Waals surface area contributed by atoms with Crippen LogP contribution in [0.3, 0.4) is 0 Å². The molecule has 0 aromatic heterocycles. The Bertz CT molecular complexity index is 923. The molecular weight excluding hydrogens is 358 g/mol. The third-order valence-corrected chi connectivity index (χ3v) is 5.68. The van der Waals surface area contributed by atoms with Crippen LogP contribution in [-0.4, -0.2) is 34.0 Å². The fourth-order valence-corrected chi connectivity index (χ4v) is 3.89. The molecule has 140 valence electrons. The van der Waals surface area contributed by atoms with Gasteiger partial charge < -0.3 is 19.3 Å². The molecule has 0 spiro atoms. The summed E-state index contributed by atoms with van der Waals surface area (Å²) in [6, 6.07) is 9.60. The van der Waals surface area contributed by atoms with E-state index in [1.54, 1.807) is 31.2 Å². The van der Waals surface area contributed by atoms with Crippen molar-refractivity contribution in [2.45, 2.75) is 24.3 Å². The van der Waals surface area contributed by atoms with Gasteiger partial charge in [0.05, 0.1) is 12.0 Å². The largest absolute Gasteiger partial charge is 0.496 e. The van der Waals surface area contributed by atoms with Crippen molar-refractivity contribution in [1.82, 2.24) is 4.72 Å². The predicted molar refractivity (Wildman–Crippen MR) is 95.1 cm³/mol. The topological polar surface area (TPSA) is 94.1 Å². The van der Waals surface area contributed by atoms with E-state index in [4.69, 9.17) is 14.2 Å². The highest BCUT2D eigenvalue weighted by atomic mass is 32.2. The smallest absolute Gasteiger partial charge is 0.240 e. The number of nitrogens with one attached hydrogen (secondary N) is 1. The highest BCUT2D eigenvalue weighted by Gasteiger charge is 2.28. The molecule has 0 aliphatic carbocycles. The van der Waals surface area contributed by atoms with Crippen molar-refractivity contribution in [3.05, 3.63) is 47.5 Å². The van der Waals surface area contributed by atoms with Crippen LogP contribution in [0.1, 0.15) is 18.1 Å². The highest BCUT2D eigenvalue weighted by molar-refractivity contribution is 7.89. The fraction of sp³-hybridized carbons (Fsp3) is 0.333. The van der Waals surface area contributed by atoms with Gasteiger partial charge in [-0.1, -0.05) is 6.07 Å². The van der Waals surface area contributed by atoms with Crippen LogP contribution in [0, 0.1) is 6.92 Å². The van der Waals surface area contributed by atoms with Gasteiger partial charge in [-0.15, -0.1) is 0 Å². The summed E-state index contributed by atoms with van der Waals surface area (Å²) in [5, 5.41) is 10.7. The van der Waals surface area contributed by atoms with E-state index in [1.807, 2.05) is 0 Å². The van der Waals surface area contributed by atoms with Gasteiger partial charge in [0.25, 0.3) is 0 Å². The number of aliphatic hydroxyl groups is 1. The van der Waals surface area contributed by atoms with E-state index in [0.29, 0.717) is 28.4 Å². The maximum absolute atomic E-state index is 12.5.